The molecule has 0 radical (unpaired) electrons. The minimum absolute atomic E-state index is 0.0758. The molecule has 12 heteroatoms. The van der Waals surface area contributed by atoms with Crippen molar-refractivity contribution < 1.29 is 19.2 Å². The number of nitrogens with two attached hydrogens (primary N) is 1. The number of nitrogens with zero attached hydrogens (tertiary/aromatic N) is 4. The van der Waals surface area contributed by atoms with Crippen LogP contribution in [0.25, 0.3) is 0 Å². The first-order chi connectivity index (χ1) is 15.8. The molecule has 2 aromatic rings. The smallest absolute Gasteiger partial charge is 0.319 e. The zero-order chi connectivity index (χ0) is 24.0. The molecule has 1 aliphatic heterocycles. The summed E-state index contributed by atoms with van der Waals surface area (Å²) >= 11 is 1.54. The Morgan fingerprint density at radius 2 is 2.06 bits per heavy atom. The minimum atomic E-state index is -1.04. The highest BCUT2D eigenvalue weighted by Gasteiger charge is 2.44. The first kappa shape index (κ1) is 24.0. The number of rotatable bonds is 7. The van der Waals surface area contributed by atoms with Crippen molar-refractivity contribution >= 4 is 41.2 Å². The Balaban J connectivity index is 1.79. The number of thioether (sulfide) groups is 1. The Labute approximate surface area is 195 Å². The normalized spacial score (nSPS) is 17.3. The van der Waals surface area contributed by atoms with Crippen molar-refractivity contribution in [2.24, 2.45) is 5.73 Å². The van der Waals surface area contributed by atoms with E-state index in [0.29, 0.717) is 12.1 Å². The average molecular weight is 472 g/mol. The third-order valence-electron chi connectivity index (χ3n) is 5.11. The van der Waals surface area contributed by atoms with Crippen LogP contribution in [0, 0.1) is 0 Å². The van der Waals surface area contributed by atoms with Gasteiger partial charge >= 0.3 is 6.03 Å². The molecule has 2 atom stereocenters. The zero-order valence-electron chi connectivity index (χ0n) is 18.2. The lowest BCUT2D eigenvalue weighted by molar-refractivity contribution is -0.137. The summed E-state index contributed by atoms with van der Waals surface area (Å²) in [5, 5.41) is 5.54. The molecular weight excluding hydrogens is 446 g/mol. The van der Waals surface area contributed by atoms with E-state index in [1.165, 1.54) is 30.5 Å². The first-order valence-electron chi connectivity index (χ1n) is 10.1. The number of carbonyl (C=O) groups excluding carboxylic acids is 4. The SMILES string of the molecule is CSc1cccc(NC(=O)N[C@H]2CCN(C(=O)c3cnccn3)[C@@H]2C(=O)N(C)CC(N)=O)c1. The number of likely N-dealkylation sites (tertiary alicyclic amines) is 1. The first-order valence-corrected chi connectivity index (χ1v) is 11.3. The largest absolute Gasteiger partial charge is 0.368 e. The fourth-order valence-corrected chi connectivity index (χ4v) is 4.07. The van der Waals surface area contributed by atoms with E-state index in [0.717, 1.165) is 9.80 Å². The second kappa shape index (κ2) is 10.8. The summed E-state index contributed by atoms with van der Waals surface area (Å²) in [4.78, 5) is 61.6. The minimum Gasteiger partial charge on any atom is -0.368 e. The van der Waals surface area contributed by atoms with Crippen LogP contribution in [0.5, 0.6) is 0 Å². The zero-order valence-corrected chi connectivity index (χ0v) is 19.0. The highest BCUT2D eigenvalue weighted by molar-refractivity contribution is 7.98. The van der Waals surface area contributed by atoms with Crippen LogP contribution in [0.15, 0.2) is 47.8 Å². The number of primary amides is 1. The molecule has 11 nitrogen and oxygen atoms in total. The summed E-state index contributed by atoms with van der Waals surface area (Å²) in [6.45, 7) is -0.105. The van der Waals surface area contributed by atoms with Crippen LogP contribution in [0.3, 0.4) is 0 Å². The number of benzene rings is 1. The molecule has 174 valence electrons. The molecule has 0 aliphatic carbocycles. The number of likely N-dealkylation sites (N-methyl/N-ethyl adjacent to an activating group) is 1. The molecule has 4 N–H and O–H groups in total. The highest BCUT2D eigenvalue weighted by atomic mass is 32.2. The highest BCUT2D eigenvalue weighted by Crippen LogP contribution is 2.23. The number of aromatic nitrogens is 2. The van der Waals surface area contributed by atoms with E-state index in [1.54, 1.807) is 17.8 Å². The van der Waals surface area contributed by atoms with Crippen LogP contribution in [0.4, 0.5) is 10.5 Å². The lowest BCUT2D eigenvalue weighted by Gasteiger charge is -2.30. The van der Waals surface area contributed by atoms with Gasteiger partial charge < -0.3 is 26.2 Å². The fourth-order valence-electron chi connectivity index (χ4n) is 3.61. The van der Waals surface area contributed by atoms with Crippen LogP contribution in [-0.2, 0) is 9.59 Å². The number of anilines is 1. The van der Waals surface area contributed by atoms with Gasteiger partial charge in [-0.15, -0.1) is 11.8 Å². The molecule has 3 rings (SSSR count). The maximum Gasteiger partial charge on any atom is 0.319 e. The molecule has 1 saturated heterocycles. The summed E-state index contributed by atoms with van der Waals surface area (Å²) in [6, 6.07) is 5.09. The van der Waals surface area contributed by atoms with Gasteiger partial charge in [-0.3, -0.25) is 19.4 Å². The second-order valence-electron chi connectivity index (χ2n) is 7.42. The van der Waals surface area contributed by atoms with Gasteiger partial charge in [-0.2, -0.15) is 0 Å². The van der Waals surface area contributed by atoms with E-state index >= 15 is 0 Å². The van der Waals surface area contributed by atoms with Gasteiger partial charge in [0.05, 0.1) is 18.8 Å². The molecule has 1 aromatic carbocycles. The molecule has 5 amide bonds. The van der Waals surface area contributed by atoms with Gasteiger partial charge in [0.1, 0.15) is 11.7 Å². The molecule has 1 fully saturated rings. The van der Waals surface area contributed by atoms with Gasteiger partial charge in [-0.05, 0) is 30.9 Å². The molecule has 0 spiro atoms. The predicted octanol–water partition coefficient (Wildman–Crippen LogP) is 0.547. The van der Waals surface area contributed by atoms with E-state index in [2.05, 4.69) is 20.6 Å². The molecule has 1 aliphatic rings. The molecule has 33 heavy (non-hydrogen) atoms. The van der Waals surface area contributed by atoms with E-state index in [1.807, 2.05) is 24.5 Å². The van der Waals surface area contributed by atoms with Crippen LogP contribution >= 0.6 is 11.8 Å². The third kappa shape index (κ3) is 5.98. The summed E-state index contributed by atoms with van der Waals surface area (Å²) in [5.74, 6) is -1.70. The molecule has 0 bridgehead atoms. The lowest BCUT2D eigenvalue weighted by atomic mass is 10.1. The summed E-state index contributed by atoms with van der Waals surface area (Å²) in [7, 11) is 1.42. The number of hydrogen-bond donors (Lipinski definition) is 3. The third-order valence-corrected chi connectivity index (χ3v) is 5.83. The maximum absolute atomic E-state index is 13.2. The van der Waals surface area contributed by atoms with E-state index in [4.69, 9.17) is 5.73 Å². The Morgan fingerprint density at radius 3 is 2.73 bits per heavy atom. The molecule has 0 saturated carbocycles. The molecule has 0 unspecified atom stereocenters. The van der Waals surface area contributed by atoms with Crippen molar-refractivity contribution in [1.82, 2.24) is 25.1 Å². The van der Waals surface area contributed by atoms with E-state index in [9.17, 15) is 19.2 Å². The monoisotopic (exact) mass is 471 g/mol. The summed E-state index contributed by atoms with van der Waals surface area (Å²) in [5.41, 5.74) is 5.90. The number of urea groups is 1. The Bertz CT molecular complexity index is 1040. The van der Waals surface area contributed by atoms with Crippen LogP contribution < -0.4 is 16.4 Å². The Morgan fingerprint density at radius 1 is 1.27 bits per heavy atom. The summed E-state index contributed by atoms with van der Waals surface area (Å²) in [6.07, 6.45) is 6.39. The lowest BCUT2D eigenvalue weighted by Crippen LogP contribution is -2.56. The average Bonchev–Trinajstić information content (AvgIpc) is 3.21. The van der Waals surface area contributed by atoms with Crippen molar-refractivity contribution in [2.45, 2.75) is 23.4 Å². The van der Waals surface area contributed by atoms with E-state index in [-0.39, 0.29) is 18.8 Å². The summed E-state index contributed by atoms with van der Waals surface area (Å²) < 4.78 is 0. The van der Waals surface area contributed by atoms with Crippen LogP contribution in [-0.4, -0.2) is 82.0 Å². The standard InChI is InChI=1S/C21H25N7O4S/c1-27(12-17(22)29)20(31)18-15(6-9-28(18)19(30)16-11-23-7-8-24-16)26-21(32)25-13-4-3-5-14(10-13)33-2/h3-5,7-8,10-11,15,18H,6,9,12H2,1-2H3,(H2,22,29)(H2,25,26,32)/t15-,18-/m0/s1. The molecular formula is C21H25N7O4S. The van der Waals surface area contributed by atoms with Crippen molar-refractivity contribution in [2.75, 3.05) is 31.7 Å². The number of hydrogen-bond acceptors (Lipinski definition) is 7. The maximum atomic E-state index is 13.2. The van der Waals surface area contributed by atoms with Crippen molar-refractivity contribution in [3.63, 3.8) is 0 Å². The van der Waals surface area contributed by atoms with Crippen LogP contribution in [0.1, 0.15) is 16.9 Å². The van der Waals surface area contributed by atoms with Gasteiger partial charge in [0.15, 0.2) is 0 Å². The van der Waals surface area contributed by atoms with Crippen molar-refractivity contribution in [3.05, 3.63) is 48.5 Å². The predicted molar refractivity (Wildman–Crippen MR) is 122 cm³/mol. The molecule has 1 aromatic heterocycles. The van der Waals surface area contributed by atoms with Gasteiger partial charge in [0.2, 0.25) is 11.8 Å². The number of nitrogens with one attached hydrogen (secondary N) is 2. The van der Waals surface area contributed by atoms with Gasteiger partial charge in [-0.25, -0.2) is 9.78 Å². The van der Waals surface area contributed by atoms with Crippen LogP contribution in [0.2, 0.25) is 0 Å². The quantitative estimate of drug-likeness (QED) is 0.499. The van der Waals surface area contributed by atoms with Gasteiger partial charge in [0, 0.05) is 36.6 Å². The number of amides is 5. The van der Waals surface area contributed by atoms with Gasteiger partial charge in [-0.1, -0.05) is 6.07 Å². The van der Waals surface area contributed by atoms with Crippen molar-refractivity contribution in [3.8, 4) is 0 Å². The Hall–Kier alpha value is -3.67. The van der Waals surface area contributed by atoms with Crippen molar-refractivity contribution in [1.29, 1.82) is 0 Å². The topological polar surface area (TPSA) is 151 Å². The number of carbonyl (C=O) groups is 4. The van der Waals surface area contributed by atoms with Gasteiger partial charge in [0.25, 0.3) is 5.91 Å². The molecule has 2 heterocycles. The second-order valence-corrected chi connectivity index (χ2v) is 8.30. The Kier molecular flexibility index (Phi) is 7.83. The van der Waals surface area contributed by atoms with E-state index < -0.39 is 35.8 Å². The fraction of sp³-hybridized carbons (Fsp3) is 0.333.